The number of likely N-dealkylation sites (tertiary alicyclic amines) is 1. The maximum absolute atomic E-state index is 6.01. The fraction of sp³-hybridized carbons (Fsp3) is 1.00. The highest BCUT2D eigenvalue weighted by atomic mass is 15.1. The third kappa shape index (κ3) is 4.43. The second-order valence-electron chi connectivity index (χ2n) is 5.47. The highest BCUT2D eigenvalue weighted by Gasteiger charge is 2.19. The minimum atomic E-state index is -0.00791. The first kappa shape index (κ1) is 12.0. The van der Waals surface area contributed by atoms with Gasteiger partial charge in [-0.15, -0.1) is 0 Å². The summed E-state index contributed by atoms with van der Waals surface area (Å²) >= 11 is 0. The highest BCUT2D eigenvalue weighted by Crippen LogP contribution is 2.17. The van der Waals surface area contributed by atoms with E-state index in [9.17, 15) is 0 Å². The molecule has 0 aliphatic carbocycles. The van der Waals surface area contributed by atoms with Crippen LogP contribution in [0.25, 0.3) is 0 Å². The van der Waals surface area contributed by atoms with Crippen LogP contribution in [0.4, 0.5) is 0 Å². The summed E-state index contributed by atoms with van der Waals surface area (Å²) in [6.45, 7) is 9.04. The Kier molecular flexibility index (Phi) is 4.39. The van der Waals surface area contributed by atoms with E-state index in [1.54, 1.807) is 0 Å². The van der Waals surface area contributed by atoms with E-state index in [1.807, 2.05) is 0 Å². The summed E-state index contributed by atoms with van der Waals surface area (Å²) < 4.78 is 0. The minimum Gasteiger partial charge on any atom is -0.326 e. The summed E-state index contributed by atoms with van der Waals surface area (Å²) in [4.78, 5) is 2.61. The van der Waals surface area contributed by atoms with Gasteiger partial charge in [-0.3, -0.25) is 0 Å². The van der Waals surface area contributed by atoms with Crippen LogP contribution in [0.5, 0.6) is 0 Å². The molecular formula is C12H26N2. The van der Waals surface area contributed by atoms with Crippen molar-refractivity contribution in [2.75, 3.05) is 13.1 Å². The lowest BCUT2D eigenvalue weighted by atomic mass is 10.0. The molecule has 0 aromatic heterocycles. The Morgan fingerprint density at radius 1 is 1.29 bits per heavy atom. The standard InChI is InChI=1S/C12H26N2/c1-11-7-5-4-6-9-14(11)10-8-12(2,3)13/h11H,4-10,13H2,1-3H3. The van der Waals surface area contributed by atoms with Crippen molar-refractivity contribution in [3.05, 3.63) is 0 Å². The molecule has 0 radical (unpaired) electrons. The lowest BCUT2D eigenvalue weighted by Gasteiger charge is -2.30. The molecule has 0 bridgehead atoms. The smallest absolute Gasteiger partial charge is 0.0109 e. The lowest BCUT2D eigenvalue weighted by molar-refractivity contribution is 0.196. The number of hydrogen-bond donors (Lipinski definition) is 1. The summed E-state index contributed by atoms with van der Waals surface area (Å²) in [6.07, 6.45) is 6.66. The zero-order valence-electron chi connectivity index (χ0n) is 10.1. The van der Waals surface area contributed by atoms with Crippen molar-refractivity contribution >= 4 is 0 Å². The van der Waals surface area contributed by atoms with Crippen molar-refractivity contribution in [3.8, 4) is 0 Å². The van der Waals surface area contributed by atoms with Crippen LogP contribution < -0.4 is 5.73 Å². The minimum absolute atomic E-state index is 0.00791. The van der Waals surface area contributed by atoms with E-state index >= 15 is 0 Å². The Bertz CT molecular complexity index is 160. The summed E-state index contributed by atoms with van der Waals surface area (Å²) in [7, 11) is 0. The monoisotopic (exact) mass is 198 g/mol. The van der Waals surface area contributed by atoms with Gasteiger partial charge < -0.3 is 10.6 Å². The predicted molar refractivity (Wildman–Crippen MR) is 62.4 cm³/mol. The molecule has 84 valence electrons. The van der Waals surface area contributed by atoms with Crippen LogP contribution in [-0.4, -0.2) is 29.6 Å². The fourth-order valence-corrected chi connectivity index (χ4v) is 2.10. The van der Waals surface area contributed by atoms with Crippen molar-refractivity contribution in [1.29, 1.82) is 0 Å². The maximum Gasteiger partial charge on any atom is 0.0109 e. The van der Waals surface area contributed by atoms with Crippen LogP contribution >= 0.6 is 0 Å². The van der Waals surface area contributed by atoms with Gasteiger partial charge in [0.15, 0.2) is 0 Å². The quantitative estimate of drug-likeness (QED) is 0.754. The van der Waals surface area contributed by atoms with Gasteiger partial charge in [-0.1, -0.05) is 12.8 Å². The van der Waals surface area contributed by atoms with Gasteiger partial charge in [0.1, 0.15) is 0 Å². The summed E-state index contributed by atoms with van der Waals surface area (Å²) in [6, 6.07) is 0.764. The molecule has 0 aromatic rings. The molecule has 1 aliphatic rings. The van der Waals surface area contributed by atoms with Gasteiger partial charge >= 0.3 is 0 Å². The van der Waals surface area contributed by atoms with Crippen LogP contribution in [0.2, 0.25) is 0 Å². The van der Waals surface area contributed by atoms with Crippen LogP contribution in [0, 0.1) is 0 Å². The molecular weight excluding hydrogens is 172 g/mol. The second kappa shape index (κ2) is 5.13. The van der Waals surface area contributed by atoms with Gasteiger partial charge in [-0.05, 0) is 46.6 Å². The van der Waals surface area contributed by atoms with E-state index < -0.39 is 0 Å². The molecule has 1 aliphatic heterocycles. The number of nitrogens with zero attached hydrogens (tertiary/aromatic N) is 1. The molecule has 1 heterocycles. The maximum atomic E-state index is 6.01. The fourth-order valence-electron chi connectivity index (χ4n) is 2.10. The molecule has 14 heavy (non-hydrogen) atoms. The van der Waals surface area contributed by atoms with Crippen molar-refractivity contribution in [2.45, 2.75) is 64.5 Å². The molecule has 1 saturated heterocycles. The van der Waals surface area contributed by atoms with Crippen molar-refractivity contribution in [1.82, 2.24) is 4.90 Å². The van der Waals surface area contributed by atoms with Gasteiger partial charge in [-0.25, -0.2) is 0 Å². The normalized spacial score (nSPS) is 26.1. The first-order valence-electron chi connectivity index (χ1n) is 6.02. The number of rotatable bonds is 3. The molecule has 1 rings (SSSR count). The van der Waals surface area contributed by atoms with Gasteiger partial charge in [0.25, 0.3) is 0 Å². The van der Waals surface area contributed by atoms with Gasteiger partial charge in [0.05, 0.1) is 0 Å². The van der Waals surface area contributed by atoms with E-state index in [0.29, 0.717) is 0 Å². The SMILES string of the molecule is CC1CCCCCN1CCC(C)(C)N. The van der Waals surface area contributed by atoms with E-state index in [2.05, 4.69) is 25.7 Å². The molecule has 0 aromatic carbocycles. The van der Waals surface area contributed by atoms with Crippen molar-refractivity contribution in [2.24, 2.45) is 5.73 Å². The van der Waals surface area contributed by atoms with E-state index in [0.717, 1.165) is 12.5 Å². The van der Waals surface area contributed by atoms with E-state index in [4.69, 9.17) is 5.73 Å². The molecule has 0 saturated carbocycles. The Hall–Kier alpha value is -0.0800. The molecule has 2 N–H and O–H groups in total. The first-order valence-corrected chi connectivity index (χ1v) is 6.02. The zero-order chi connectivity index (χ0) is 10.6. The van der Waals surface area contributed by atoms with Crippen LogP contribution in [0.1, 0.15) is 52.9 Å². The topological polar surface area (TPSA) is 29.3 Å². The second-order valence-corrected chi connectivity index (χ2v) is 5.47. The average Bonchev–Trinajstić information content (AvgIpc) is 2.25. The molecule has 2 nitrogen and oxygen atoms in total. The largest absolute Gasteiger partial charge is 0.326 e. The van der Waals surface area contributed by atoms with Gasteiger partial charge in [-0.2, -0.15) is 0 Å². The molecule has 1 fully saturated rings. The summed E-state index contributed by atoms with van der Waals surface area (Å²) in [5.41, 5.74) is 6.00. The number of hydrogen-bond acceptors (Lipinski definition) is 2. The summed E-state index contributed by atoms with van der Waals surface area (Å²) in [5.74, 6) is 0. The Balaban J connectivity index is 2.33. The third-order valence-corrected chi connectivity index (χ3v) is 3.23. The van der Waals surface area contributed by atoms with Crippen molar-refractivity contribution in [3.63, 3.8) is 0 Å². The Labute approximate surface area is 88.8 Å². The average molecular weight is 198 g/mol. The molecule has 0 amide bonds. The summed E-state index contributed by atoms with van der Waals surface area (Å²) in [5, 5.41) is 0. The van der Waals surface area contributed by atoms with Crippen molar-refractivity contribution < 1.29 is 0 Å². The van der Waals surface area contributed by atoms with E-state index in [-0.39, 0.29) is 5.54 Å². The predicted octanol–water partition coefficient (Wildman–Crippen LogP) is 2.38. The van der Waals surface area contributed by atoms with Gasteiger partial charge in [0, 0.05) is 18.1 Å². The first-order chi connectivity index (χ1) is 6.49. The Morgan fingerprint density at radius 2 is 2.00 bits per heavy atom. The Morgan fingerprint density at radius 3 is 2.64 bits per heavy atom. The van der Waals surface area contributed by atoms with Gasteiger partial charge in [0.2, 0.25) is 0 Å². The zero-order valence-corrected chi connectivity index (χ0v) is 10.1. The molecule has 1 atom stereocenters. The van der Waals surface area contributed by atoms with Crippen LogP contribution in [0.15, 0.2) is 0 Å². The molecule has 1 unspecified atom stereocenters. The highest BCUT2D eigenvalue weighted by molar-refractivity contribution is 4.77. The molecule has 0 spiro atoms. The third-order valence-electron chi connectivity index (χ3n) is 3.23. The van der Waals surface area contributed by atoms with E-state index in [1.165, 1.54) is 38.8 Å². The van der Waals surface area contributed by atoms with Crippen LogP contribution in [-0.2, 0) is 0 Å². The van der Waals surface area contributed by atoms with Crippen LogP contribution in [0.3, 0.4) is 0 Å². The lowest BCUT2D eigenvalue weighted by Crippen LogP contribution is -2.40. The number of nitrogens with two attached hydrogens (primary N) is 1. The molecule has 2 heteroatoms.